The number of likely N-dealkylation sites (N-methyl/N-ethyl adjacent to an activating group) is 1. The fourth-order valence-corrected chi connectivity index (χ4v) is 4.98. The Morgan fingerprint density at radius 1 is 1.06 bits per heavy atom. The Labute approximate surface area is 211 Å². The Kier molecular flexibility index (Phi) is 7.08. The molecule has 0 saturated heterocycles. The molecule has 1 atom stereocenters. The maximum Gasteiger partial charge on any atom is 0.335 e. The first-order valence-corrected chi connectivity index (χ1v) is 12.0. The summed E-state index contributed by atoms with van der Waals surface area (Å²) in [4.78, 5) is 46.0. The van der Waals surface area contributed by atoms with E-state index >= 15 is 0 Å². The maximum absolute atomic E-state index is 13.6. The van der Waals surface area contributed by atoms with Gasteiger partial charge in [0, 0.05) is 30.0 Å². The third kappa shape index (κ3) is 5.09. The number of rotatable bonds is 7. The van der Waals surface area contributed by atoms with Crippen LogP contribution in [0.2, 0.25) is 0 Å². The monoisotopic (exact) mass is 488 g/mol. The molecule has 0 spiro atoms. The topological polar surface area (TPSA) is 102 Å². The van der Waals surface area contributed by atoms with Gasteiger partial charge in [-0.3, -0.25) is 14.6 Å². The molecule has 2 aromatic rings. The van der Waals surface area contributed by atoms with Crippen molar-refractivity contribution in [1.29, 1.82) is 0 Å². The number of nitrogens with one attached hydrogen (secondary N) is 1. The highest BCUT2D eigenvalue weighted by Crippen LogP contribution is 2.39. The summed E-state index contributed by atoms with van der Waals surface area (Å²) in [6.45, 7) is 5.64. The molecule has 8 nitrogen and oxygen atoms in total. The fraction of sp³-hybridized carbons (Fsp3) is 0.357. The standard InChI is InChI=1S/C28H32N4O4/c1-28(2)23-15-29-25(30-26(34)19-10-12-20(13-11-19)27(35)36)22(23)17-32(28)24(33)14-21(16-31(3)4)18-8-6-5-7-9-18/h5-13,21H,14-17H2,1-4H3,(H,35,36)(H,29,30,34)/t21-/m1/s1. The van der Waals surface area contributed by atoms with E-state index in [0.29, 0.717) is 30.9 Å². The zero-order valence-electron chi connectivity index (χ0n) is 21.1. The van der Waals surface area contributed by atoms with Gasteiger partial charge in [-0.05, 0) is 63.3 Å². The number of carbonyl (C=O) groups is 3. The molecule has 0 bridgehead atoms. The molecule has 188 valence electrons. The zero-order valence-corrected chi connectivity index (χ0v) is 21.1. The number of aliphatic imine (C=N–C) groups is 1. The van der Waals surface area contributed by atoms with Crippen LogP contribution in [-0.4, -0.2) is 77.8 Å². The van der Waals surface area contributed by atoms with Crippen LogP contribution in [0.3, 0.4) is 0 Å². The normalized spacial score (nSPS) is 17.1. The highest BCUT2D eigenvalue weighted by Gasteiger charge is 2.45. The molecule has 2 heterocycles. The molecule has 2 amide bonds. The smallest absolute Gasteiger partial charge is 0.335 e. The molecular weight excluding hydrogens is 456 g/mol. The molecule has 2 aliphatic heterocycles. The average molecular weight is 489 g/mol. The summed E-state index contributed by atoms with van der Waals surface area (Å²) in [6, 6.07) is 15.9. The van der Waals surface area contributed by atoms with Crippen molar-refractivity contribution in [2.75, 3.05) is 33.7 Å². The molecule has 0 aliphatic carbocycles. The Balaban J connectivity index is 1.47. The lowest BCUT2D eigenvalue weighted by Crippen LogP contribution is -2.47. The summed E-state index contributed by atoms with van der Waals surface area (Å²) in [7, 11) is 4.02. The van der Waals surface area contributed by atoms with Crippen LogP contribution in [0.1, 0.15) is 52.5 Å². The van der Waals surface area contributed by atoms with Crippen LogP contribution in [0.5, 0.6) is 0 Å². The molecule has 36 heavy (non-hydrogen) atoms. The lowest BCUT2D eigenvalue weighted by atomic mass is 9.91. The van der Waals surface area contributed by atoms with E-state index in [9.17, 15) is 14.4 Å². The van der Waals surface area contributed by atoms with Gasteiger partial charge in [-0.25, -0.2) is 4.79 Å². The van der Waals surface area contributed by atoms with Gasteiger partial charge in [-0.2, -0.15) is 0 Å². The van der Waals surface area contributed by atoms with Crippen LogP contribution in [0.4, 0.5) is 0 Å². The van der Waals surface area contributed by atoms with Crippen LogP contribution in [0, 0.1) is 0 Å². The first kappa shape index (κ1) is 25.3. The van der Waals surface area contributed by atoms with Gasteiger partial charge in [-0.1, -0.05) is 30.3 Å². The summed E-state index contributed by atoms with van der Waals surface area (Å²) in [6.07, 6.45) is 0.390. The molecule has 2 aromatic carbocycles. The van der Waals surface area contributed by atoms with Crippen molar-refractivity contribution >= 4 is 23.6 Å². The van der Waals surface area contributed by atoms with Crippen molar-refractivity contribution in [3.63, 3.8) is 0 Å². The molecule has 2 N–H and O–H groups in total. The number of carboxylic acids is 1. The number of carbonyl (C=O) groups excluding carboxylic acids is 2. The molecule has 0 radical (unpaired) electrons. The Bertz CT molecular complexity index is 1230. The van der Waals surface area contributed by atoms with Crippen LogP contribution in [0.15, 0.2) is 70.7 Å². The summed E-state index contributed by atoms with van der Waals surface area (Å²) >= 11 is 0. The summed E-state index contributed by atoms with van der Waals surface area (Å²) in [5, 5.41) is 11.9. The Morgan fingerprint density at radius 3 is 2.31 bits per heavy atom. The van der Waals surface area contributed by atoms with Gasteiger partial charge in [0.25, 0.3) is 5.91 Å². The fourth-order valence-electron chi connectivity index (χ4n) is 4.98. The van der Waals surface area contributed by atoms with E-state index in [-0.39, 0.29) is 23.3 Å². The number of hydrogen-bond acceptors (Lipinski definition) is 5. The van der Waals surface area contributed by atoms with Crippen LogP contribution >= 0.6 is 0 Å². The minimum Gasteiger partial charge on any atom is -0.478 e. The summed E-state index contributed by atoms with van der Waals surface area (Å²) in [5.74, 6) is -0.790. The minimum absolute atomic E-state index is 0.0695. The highest BCUT2D eigenvalue weighted by molar-refractivity contribution is 6.14. The van der Waals surface area contributed by atoms with Crippen molar-refractivity contribution in [2.24, 2.45) is 4.99 Å². The molecule has 0 fully saturated rings. The Hall–Kier alpha value is -3.78. The zero-order chi connectivity index (χ0) is 26.0. The number of amides is 2. The molecular formula is C28H32N4O4. The van der Waals surface area contributed by atoms with E-state index in [1.165, 1.54) is 24.3 Å². The van der Waals surface area contributed by atoms with Gasteiger partial charge in [0.2, 0.25) is 5.91 Å². The lowest BCUT2D eigenvalue weighted by Gasteiger charge is -2.35. The molecule has 0 saturated carbocycles. The Morgan fingerprint density at radius 2 is 1.69 bits per heavy atom. The van der Waals surface area contributed by atoms with Crippen molar-refractivity contribution in [3.05, 3.63) is 82.4 Å². The quantitative estimate of drug-likeness (QED) is 0.623. The highest BCUT2D eigenvalue weighted by atomic mass is 16.4. The van der Waals surface area contributed by atoms with E-state index in [2.05, 4.69) is 27.3 Å². The second kappa shape index (κ2) is 10.1. The number of carboxylic acid groups (broad SMARTS) is 1. The minimum atomic E-state index is -1.05. The third-order valence-electron chi connectivity index (χ3n) is 6.98. The average Bonchev–Trinajstić information content (AvgIpc) is 3.36. The lowest BCUT2D eigenvalue weighted by molar-refractivity contribution is -0.134. The molecule has 2 aliphatic rings. The maximum atomic E-state index is 13.6. The van der Waals surface area contributed by atoms with Gasteiger partial charge >= 0.3 is 5.97 Å². The van der Waals surface area contributed by atoms with Crippen molar-refractivity contribution < 1.29 is 19.5 Å². The number of aromatic carboxylic acids is 1. The third-order valence-corrected chi connectivity index (χ3v) is 6.98. The van der Waals surface area contributed by atoms with E-state index in [0.717, 1.165) is 23.3 Å². The SMILES string of the molecule is CN(C)C[C@@H](CC(=O)N1CC2=C(CN=C2NC(=O)c2ccc(C(=O)O)cc2)C1(C)C)c1ccccc1. The van der Waals surface area contributed by atoms with Gasteiger partial charge < -0.3 is 20.2 Å². The van der Waals surface area contributed by atoms with E-state index in [4.69, 9.17) is 5.11 Å². The molecule has 0 unspecified atom stereocenters. The molecule has 8 heteroatoms. The summed E-state index contributed by atoms with van der Waals surface area (Å²) < 4.78 is 0. The van der Waals surface area contributed by atoms with E-state index in [1.54, 1.807) is 0 Å². The van der Waals surface area contributed by atoms with Gasteiger partial charge in [0.15, 0.2) is 0 Å². The first-order valence-electron chi connectivity index (χ1n) is 12.0. The second-order valence-electron chi connectivity index (χ2n) is 10.1. The number of benzene rings is 2. The largest absolute Gasteiger partial charge is 0.478 e. The number of nitrogens with zero attached hydrogens (tertiary/aromatic N) is 3. The molecule has 4 rings (SSSR count). The van der Waals surface area contributed by atoms with E-state index in [1.807, 2.05) is 51.0 Å². The van der Waals surface area contributed by atoms with E-state index < -0.39 is 11.5 Å². The molecule has 0 aromatic heterocycles. The van der Waals surface area contributed by atoms with Crippen molar-refractivity contribution in [2.45, 2.75) is 31.7 Å². The van der Waals surface area contributed by atoms with Crippen molar-refractivity contribution in [3.8, 4) is 0 Å². The summed E-state index contributed by atoms with van der Waals surface area (Å²) in [5.41, 5.74) is 3.01. The second-order valence-corrected chi connectivity index (χ2v) is 10.1. The van der Waals surface area contributed by atoms with Crippen molar-refractivity contribution in [1.82, 2.24) is 15.1 Å². The number of amidine groups is 1. The predicted molar refractivity (Wildman–Crippen MR) is 138 cm³/mol. The predicted octanol–water partition coefficient (Wildman–Crippen LogP) is 3.18. The van der Waals surface area contributed by atoms with Gasteiger partial charge in [0.1, 0.15) is 5.84 Å². The van der Waals surface area contributed by atoms with Crippen LogP contribution < -0.4 is 5.32 Å². The van der Waals surface area contributed by atoms with Crippen LogP contribution in [-0.2, 0) is 4.79 Å². The number of hydrogen-bond donors (Lipinski definition) is 2. The van der Waals surface area contributed by atoms with Gasteiger partial charge in [-0.15, -0.1) is 0 Å². The van der Waals surface area contributed by atoms with Gasteiger partial charge in [0.05, 0.1) is 24.2 Å². The first-order chi connectivity index (χ1) is 17.1. The van der Waals surface area contributed by atoms with Crippen LogP contribution in [0.25, 0.3) is 0 Å².